The zero-order chi connectivity index (χ0) is 18.4. The van der Waals surface area contributed by atoms with E-state index in [1.165, 1.54) is 12.1 Å². The van der Waals surface area contributed by atoms with Gasteiger partial charge < -0.3 is 5.32 Å². The molecule has 8 heteroatoms. The summed E-state index contributed by atoms with van der Waals surface area (Å²) >= 11 is 5.81. The molecular formula is C17H18ClFN2O3S. The normalized spacial score (nSPS) is 11.2. The van der Waals surface area contributed by atoms with Crippen LogP contribution in [-0.4, -0.2) is 33.7 Å². The third-order valence-electron chi connectivity index (χ3n) is 3.45. The number of benzene rings is 2. The van der Waals surface area contributed by atoms with E-state index < -0.39 is 21.7 Å². The van der Waals surface area contributed by atoms with E-state index in [1.807, 2.05) is 12.1 Å². The molecule has 2 aromatic rings. The lowest BCUT2D eigenvalue weighted by atomic mass is 10.1. The first kappa shape index (κ1) is 19.2. The zero-order valence-electron chi connectivity index (χ0n) is 13.6. The molecular weight excluding hydrogens is 367 g/mol. The van der Waals surface area contributed by atoms with Crippen LogP contribution in [0, 0.1) is 5.82 Å². The third-order valence-corrected chi connectivity index (χ3v) is 4.84. The van der Waals surface area contributed by atoms with Gasteiger partial charge in [-0.3, -0.25) is 9.10 Å². The largest absolute Gasteiger partial charge is 0.354 e. The van der Waals surface area contributed by atoms with Gasteiger partial charge in [0.2, 0.25) is 15.9 Å². The topological polar surface area (TPSA) is 66.5 Å². The van der Waals surface area contributed by atoms with Gasteiger partial charge in [-0.2, -0.15) is 0 Å². The average Bonchev–Trinajstić information content (AvgIpc) is 2.54. The summed E-state index contributed by atoms with van der Waals surface area (Å²) in [5.41, 5.74) is 1.24. The molecule has 0 aliphatic rings. The highest BCUT2D eigenvalue weighted by molar-refractivity contribution is 7.92. The van der Waals surface area contributed by atoms with Crippen molar-refractivity contribution in [3.05, 3.63) is 64.9 Å². The van der Waals surface area contributed by atoms with Crippen molar-refractivity contribution in [3.63, 3.8) is 0 Å². The highest BCUT2D eigenvalue weighted by Crippen LogP contribution is 2.17. The molecule has 0 aliphatic heterocycles. The van der Waals surface area contributed by atoms with E-state index >= 15 is 0 Å². The van der Waals surface area contributed by atoms with Crippen LogP contribution in [0.4, 0.5) is 10.1 Å². The van der Waals surface area contributed by atoms with Gasteiger partial charge in [-0.25, -0.2) is 12.8 Å². The Morgan fingerprint density at radius 3 is 2.28 bits per heavy atom. The predicted octanol–water partition coefficient (Wildman–Crippen LogP) is 2.60. The van der Waals surface area contributed by atoms with Crippen molar-refractivity contribution in [2.24, 2.45) is 0 Å². The maximum atomic E-state index is 13.0. The molecule has 0 aliphatic carbocycles. The highest BCUT2D eigenvalue weighted by atomic mass is 35.5. The van der Waals surface area contributed by atoms with E-state index in [2.05, 4.69) is 5.32 Å². The summed E-state index contributed by atoms with van der Waals surface area (Å²) in [5.74, 6) is -0.923. The summed E-state index contributed by atoms with van der Waals surface area (Å²) in [6, 6.07) is 12.2. The minimum absolute atomic E-state index is 0.233. The third kappa shape index (κ3) is 6.03. The Morgan fingerprint density at radius 1 is 1.12 bits per heavy atom. The summed E-state index contributed by atoms with van der Waals surface area (Å²) in [5, 5.41) is 3.31. The van der Waals surface area contributed by atoms with E-state index in [9.17, 15) is 17.6 Å². The molecule has 0 spiro atoms. The number of nitrogens with one attached hydrogen (secondary N) is 1. The molecule has 1 amide bonds. The number of halogens is 2. The molecule has 1 N–H and O–H groups in total. The van der Waals surface area contributed by atoms with Crippen LogP contribution in [-0.2, 0) is 21.2 Å². The highest BCUT2D eigenvalue weighted by Gasteiger charge is 2.20. The quantitative estimate of drug-likeness (QED) is 0.798. The second-order valence-electron chi connectivity index (χ2n) is 5.47. The SMILES string of the molecule is CS(=O)(=O)N(CC(=O)NCCc1ccc(Cl)cc1)c1ccc(F)cc1. The lowest BCUT2D eigenvalue weighted by Crippen LogP contribution is -2.40. The number of hydrogen-bond acceptors (Lipinski definition) is 3. The number of amides is 1. The molecule has 0 bridgehead atoms. The molecule has 0 saturated carbocycles. The minimum atomic E-state index is -3.67. The van der Waals surface area contributed by atoms with Gasteiger partial charge in [-0.05, 0) is 48.4 Å². The Kier molecular flexibility index (Phi) is 6.39. The van der Waals surface area contributed by atoms with Gasteiger partial charge in [0.05, 0.1) is 11.9 Å². The number of nitrogens with zero attached hydrogens (tertiary/aromatic N) is 1. The smallest absolute Gasteiger partial charge is 0.240 e. The summed E-state index contributed by atoms with van der Waals surface area (Å²) in [4.78, 5) is 12.1. The van der Waals surface area contributed by atoms with Gasteiger partial charge in [0, 0.05) is 11.6 Å². The first-order valence-electron chi connectivity index (χ1n) is 7.50. The van der Waals surface area contributed by atoms with Gasteiger partial charge in [0.15, 0.2) is 0 Å². The van der Waals surface area contributed by atoms with Crippen LogP contribution in [0.1, 0.15) is 5.56 Å². The Hall–Kier alpha value is -2.12. The summed E-state index contributed by atoms with van der Waals surface area (Å²) < 4.78 is 37.8. The van der Waals surface area contributed by atoms with E-state index in [4.69, 9.17) is 11.6 Å². The zero-order valence-corrected chi connectivity index (χ0v) is 15.1. The van der Waals surface area contributed by atoms with Gasteiger partial charge in [-0.15, -0.1) is 0 Å². The van der Waals surface area contributed by atoms with Crippen LogP contribution in [0.2, 0.25) is 5.02 Å². The van der Waals surface area contributed by atoms with Crippen LogP contribution >= 0.6 is 11.6 Å². The molecule has 0 saturated heterocycles. The van der Waals surface area contributed by atoms with E-state index in [-0.39, 0.29) is 12.2 Å². The van der Waals surface area contributed by atoms with E-state index in [0.29, 0.717) is 18.0 Å². The van der Waals surface area contributed by atoms with Gasteiger partial charge in [0.1, 0.15) is 12.4 Å². The van der Waals surface area contributed by atoms with Crippen LogP contribution < -0.4 is 9.62 Å². The Labute approximate surface area is 151 Å². The summed E-state index contributed by atoms with van der Waals surface area (Å²) in [6.07, 6.45) is 1.59. The number of hydrogen-bond donors (Lipinski definition) is 1. The number of carbonyl (C=O) groups excluding carboxylic acids is 1. The molecule has 2 aromatic carbocycles. The van der Waals surface area contributed by atoms with Crippen LogP contribution in [0.15, 0.2) is 48.5 Å². The second kappa shape index (κ2) is 8.31. The van der Waals surface area contributed by atoms with Crippen LogP contribution in [0.5, 0.6) is 0 Å². The fourth-order valence-corrected chi connectivity index (χ4v) is 3.17. The molecule has 134 valence electrons. The molecule has 5 nitrogen and oxygen atoms in total. The standard InChI is InChI=1S/C17H18ClFN2O3S/c1-25(23,24)21(16-8-6-15(19)7-9-16)12-17(22)20-11-10-13-2-4-14(18)5-3-13/h2-9H,10-12H2,1H3,(H,20,22). The van der Waals surface area contributed by atoms with Crippen LogP contribution in [0.25, 0.3) is 0 Å². The maximum absolute atomic E-state index is 13.0. The van der Waals surface area contributed by atoms with Gasteiger partial charge >= 0.3 is 0 Å². The number of rotatable bonds is 7. The lowest BCUT2D eigenvalue weighted by molar-refractivity contribution is -0.119. The van der Waals surface area contributed by atoms with Crippen molar-refractivity contribution in [3.8, 4) is 0 Å². The Bertz CT molecular complexity index is 824. The van der Waals surface area contributed by atoms with E-state index in [1.54, 1.807) is 12.1 Å². The van der Waals surface area contributed by atoms with Crippen molar-refractivity contribution < 1.29 is 17.6 Å². The molecule has 0 fully saturated rings. The Balaban J connectivity index is 1.95. The molecule has 0 unspecified atom stereocenters. The molecule has 0 atom stereocenters. The predicted molar refractivity (Wildman–Crippen MR) is 96.8 cm³/mol. The molecule has 0 aromatic heterocycles. The molecule has 0 heterocycles. The van der Waals surface area contributed by atoms with Crippen molar-refractivity contribution >= 4 is 33.2 Å². The number of carbonyl (C=O) groups is 1. The van der Waals surface area contributed by atoms with Crippen LogP contribution in [0.3, 0.4) is 0 Å². The first-order chi connectivity index (χ1) is 11.8. The average molecular weight is 385 g/mol. The fraction of sp³-hybridized carbons (Fsp3) is 0.235. The first-order valence-corrected chi connectivity index (χ1v) is 9.73. The fourth-order valence-electron chi connectivity index (χ4n) is 2.19. The lowest BCUT2D eigenvalue weighted by Gasteiger charge is -2.21. The maximum Gasteiger partial charge on any atom is 0.240 e. The second-order valence-corrected chi connectivity index (χ2v) is 7.82. The summed E-state index contributed by atoms with van der Waals surface area (Å²) in [7, 11) is -3.67. The van der Waals surface area contributed by atoms with Crippen molar-refractivity contribution in [2.45, 2.75) is 6.42 Å². The van der Waals surface area contributed by atoms with Crippen molar-refractivity contribution in [1.29, 1.82) is 0 Å². The number of anilines is 1. The Morgan fingerprint density at radius 2 is 1.72 bits per heavy atom. The van der Waals surface area contributed by atoms with Gasteiger partial charge in [0.25, 0.3) is 0 Å². The van der Waals surface area contributed by atoms with Crippen molar-refractivity contribution in [2.75, 3.05) is 23.7 Å². The summed E-state index contributed by atoms with van der Waals surface area (Å²) in [6.45, 7) is -0.00737. The molecule has 2 rings (SSSR count). The van der Waals surface area contributed by atoms with Crippen molar-refractivity contribution in [1.82, 2.24) is 5.32 Å². The number of sulfonamides is 1. The minimum Gasteiger partial charge on any atom is -0.354 e. The van der Waals surface area contributed by atoms with Gasteiger partial charge in [-0.1, -0.05) is 23.7 Å². The molecule has 0 radical (unpaired) electrons. The monoisotopic (exact) mass is 384 g/mol. The molecule has 25 heavy (non-hydrogen) atoms. The van der Waals surface area contributed by atoms with E-state index in [0.717, 1.165) is 28.3 Å².